The molecule has 90 valence electrons. The Balaban J connectivity index is 2.15. The first-order valence-corrected chi connectivity index (χ1v) is 5.72. The number of benzene rings is 1. The molecule has 0 aliphatic heterocycles. The number of rotatable bonds is 5. The van der Waals surface area contributed by atoms with E-state index in [-0.39, 0.29) is 0 Å². The van der Waals surface area contributed by atoms with Gasteiger partial charge in [-0.15, -0.1) is 0 Å². The van der Waals surface area contributed by atoms with E-state index in [0.717, 1.165) is 23.7 Å². The molecule has 0 aliphatic carbocycles. The maximum atomic E-state index is 5.61. The summed E-state index contributed by atoms with van der Waals surface area (Å²) >= 11 is 0. The minimum atomic E-state index is 0.676. The quantitative estimate of drug-likeness (QED) is 0.859. The van der Waals surface area contributed by atoms with E-state index < -0.39 is 0 Å². The first kappa shape index (κ1) is 11.5. The first-order valence-electron chi connectivity index (χ1n) is 5.72. The van der Waals surface area contributed by atoms with E-state index in [1.807, 2.05) is 38.2 Å². The Morgan fingerprint density at radius 3 is 2.82 bits per heavy atom. The van der Waals surface area contributed by atoms with Gasteiger partial charge in [-0.1, -0.05) is 12.1 Å². The van der Waals surface area contributed by atoms with Crippen LogP contribution in [0.15, 0.2) is 36.5 Å². The minimum absolute atomic E-state index is 0.676. The van der Waals surface area contributed by atoms with Crippen LogP contribution >= 0.6 is 0 Å². The van der Waals surface area contributed by atoms with Gasteiger partial charge in [-0.3, -0.25) is 5.10 Å². The van der Waals surface area contributed by atoms with Crippen LogP contribution in [-0.2, 0) is 6.54 Å². The van der Waals surface area contributed by atoms with Crippen molar-refractivity contribution in [1.29, 1.82) is 0 Å². The third-order valence-corrected chi connectivity index (χ3v) is 2.54. The second kappa shape index (κ2) is 5.39. The maximum Gasteiger partial charge on any atom is 0.142 e. The molecule has 0 bridgehead atoms. The largest absolute Gasteiger partial charge is 0.492 e. The number of aromatic amines is 1. The van der Waals surface area contributed by atoms with Gasteiger partial charge in [-0.05, 0) is 25.1 Å². The Labute approximate surface area is 101 Å². The number of nitrogens with zero attached hydrogens (tertiary/aromatic N) is 2. The van der Waals surface area contributed by atoms with Crippen LogP contribution < -0.4 is 9.64 Å². The molecule has 1 aromatic heterocycles. The maximum absolute atomic E-state index is 5.61. The van der Waals surface area contributed by atoms with Crippen molar-refractivity contribution in [3.05, 3.63) is 42.2 Å². The van der Waals surface area contributed by atoms with E-state index >= 15 is 0 Å². The lowest BCUT2D eigenvalue weighted by Crippen LogP contribution is -2.17. The molecule has 2 aromatic rings. The number of aromatic nitrogens is 2. The highest BCUT2D eigenvalue weighted by molar-refractivity contribution is 5.57. The van der Waals surface area contributed by atoms with E-state index in [1.165, 1.54) is 0 Å². The molecule has 0 unspecified atom stereocenters. The molecule has 0 radical (unpaired) electrons. The molecule has 1 N–H and O–H groups in total. The van der Waals surface area contributed by atoms with Gasteiger partial charge in [0.05, 0.1) is 24.5 Å². The molecule has 4 heteroatoms. The highest BCUT2D eigenvalue weighted by Gasteiger charge is 2.08. The van der Waals surface area contributed by atoms with Crippen LogP contribution in [0.2, 0.25) is 0 Å². The molecule has 0 atom stereocenters. The molecule has 17 heavy (non-hydrogen) atoms. The number of hydrogen-bond acceptors (Lipinski definition) is 3. The summed E-state index contributed by atoms with van der Waals surface area (Å²) in [6.07, 6.45) is 1.76. The summed E-state index contributed by atoms with van der Waals surface area (Å²) in [5, 5.41) is 6.90. The van der Waals surface area contributed by atoms with Crippen molar-refractivity contribution in [2.24, 2.45) is 0 Å². The predicted octanol–water partition coefficient (Wildman–Crippen LogP) is 2.44. The summed E-state index contributed by atoms with van der Waals surface area (Å²) in [4.78, 5) is 2.14. The van der Waals surface area contributed by atoms with Gasteiger partial charge in [-0.2, -0.15) is 5.10 Å². The molecule has 1 heterocycles. The Morgan fingerprint density at radius 2 is 2.12 bits per heavy atom. The molecule has 0 fully saturated rings. The topological polar surface area (TPSA) is 41.1 Å². The Morgan fingerprint density at radius 1 is 1.29 bits per heavy atom. The summed E-state index contributed by atoms with van der Waals surface area (Å²) in [7, 11) is 2.04. The molecule has 1 aromatic carbocycles. The smallest absolute Gasteiger partial charge is 0.142 e. The van der Waals surface area contributed by atoms with E-state index in [1.54, 1.807) is 6.20 Å². The highest BCUT2D eigenvalue weighted by Crippen LogP contribution is 2.27. The lowest BCUT2D eigenvalue weighted by Gasteiger charge is -2.21. The average molecular weight is 231 g/mol. The molecular weight excluding hydrogens is 214 g/mol. The molecule has 0 saturated carbocycles. The van der Waals surface area contributed by atoms with Gasteiger partial charge in [0.25, 0.3) is 0 Å². The fraction of sp³-hybridized carbons (Fsp3) is 0.308. The van der Waals surface area contributed by atoms with Crippen LogP contribution in [0.1, 0.15) is 12.6 Å². The zero-order valence-electron chi connectivity index (χ0n) is 10.2. The third kappa shape index (κ3) is 2.78. The van der Waals surface area contributed by atoms with Crippen LogP contribution in [0.4, 0.5) is 5.69 Å². The van der Waals surface area contributed by atoms with Crippen molar-refractivity contribution in [3.8, 4) is 5.75 Å². The molecule has 0 saturated heterocycles. The second-order valence-corrected chi connectivity index (χ2v) is 3.84. The van der Waals surface area contributed by atoms with Crippen molar-refractivity contribution in [3.63, 3.8) is 0 Å². The van der Waals surface area contributed by atoms with E-state index in [2.05, 4.69) is 21.2 Å². The Hall–Kier alpha value is -1.97. The standard InChI is InChI=1S/C13H17N3O/c1-3-17-13-7-5-4-6-12(13)16(2)10-11-8-9-14-15-11/h4-9H,3,10H2,1-2H3,(H,14,15). The molecular formula is C13H17N3O. The lowest BCUT2D eigenvalue weighted by atomic mass is 10.2. The van der Waals surface area contributed by atoms with Crippen molar-refractivity contribution < 1.29 is 4.74 Å². The summed E-state index contributed by atoms with van der Waals surface area (Å²) in [5.74, 6) is 0.914. The molecule has 2 rings (SSSR count). The van der Waals surface area contributed by atoms with Gasteiger partial charge >= 0.3 is 0 Å². The lowest BCUT2D eigenvalue weighted by molar-refractivity contribution is 0.340. The van der Waals surface area contributed by atoms with Gasteiger partial charge in [0, 0.05) is 13.2 Å². The van der Waals surface area contributed by atoms with Crippen LogP contribution in [0.5, 0.6) is 5.75 Å². The second-order valence-electron chi connectivity index (χ2n) is 3.84. The first-order chi connectivity index (χ1) is 8.31. The van der Waals surface area contributed by atoms with Crippen molar-refractivity contribution in [2.45, 2.75) is 13.5 Å². The Kier molecular flexibility index (Phi) is 3.65. The summed E-state index contributed by atoms with van der Waals surface area (Å²) < 4.78 is 5.61. The number of hydrogen-bond donors (Lipinski definition) is 1. The normalized spacial score (nSPS) is 10.2. The van der Waals surface area contributed by atoms with Crippen LogP contribution in [0, 0.1) is 0 Å². The van der Waals surface area contributed by atoms with Crippen LogP contribution in [0.25, 0.3) is 0 Å². The van der Waals surface area contributed by atoms with Crippen molar-refractivity contribution in [2.75, 3.05) is 18.6 Å². The zero-order valence-corrected chi connectivity index (χ0v) is 10.2. The summed E-state index contributed by atoms with van der Waals surface area (Å²) in [6.45, 7) is 3.45. The number of anilines is 1. The van der Waals surface area contributed by atoms with Gasteiger partial charge < -0.3 is 9.64 Å². The molecule has 0 spiro atoms. The van der Waals surface area contributed by atoms with Crippen LogP contribution in [0.3, 0.4) is 0 Å². The number of H-pyrrole nitrogens is 1. The summed E-state index contributed by atoms with van der Waals surface area (Å²) in [5.41, 5.74) is 2.17. The van der Waals surface area contributed by atoms with Gasteiger partial charge in [0.15, 0.2) is 0 Å². The monoisotopic (exact) mass is 231 g/mol. The van der Waals surface area contributed by atoms with Gasteiger partial charge in [0.1, 0.15) is 5.75 Å². The number of nitrogens with one attached hydrogen (secondary N) is 1. The summed E-state index contributed by atoms with van der Waals surface area (Å²) in [6, 6.07) is 10.0. The number of para-hydroxylation sites is 2. The van der Waals surface area contributed by atoms with Crippen LogP contribution in [-0.4, -0.2) is 23.9 Å². The average Bonchev–Trinajstić information content (AvgIpc) is 2.83. The van der Waals surface area contributed by atoms with E-state index in [9.17, 15) is 0 Å². The van der Waals surface area contributed by atoms with Crippen molar-refractivity contribution >= 4 is 5.69 Å². The predicted molar refractivity (Wildman–Crippen MR) is 68.3 cm³/mol. The Bertz CT molecular complexity index is 453. The molecule has 4 nitrogen and oxygen atoms in total. The highest BCUT2D eigenvalue weighted by atomic mass is 16.5. The van der Waals surface area contributed by atoms with Gasteiger partial charge in [0.2, 0.25) is 0 Å². The fourth-order valence-electron chi connectivity index (χ4n) is 1.76. The SMILES string of the molecule is CCOc1ccccc1N(C)Cc1ccn[nH]1. The van der Waals surface area contributed by atoms with Gasteiger partial charge in [-0.25, -0.2) is 0 Å². The van der Waals surface area contributed by atoms with E-state index in [0.29, 0.717) is 6.61 Å². The number of ether oxygens (including phenoxy) is 1. The van der Waals surface area contributed by atoms with Crippen molar-refractivity contribution in [1.82, 2.24) is 10.2 Å². The zero-order chi connectivity index (χ0) is 12.1. The molecule has 0 amide bonds. The minimum Gasteiger partial charge on any atom is -0.492 e. The molecule has 0 aliphatic rings. The third-order valence-electron chi connectivity index (χ3n) is 2.54. The fourth-order valence-corrected chi connectivity index (χ4v) is 1.76. The van der Waals surface area contributed by atoms with E-state index in [4.69, 9.17) is 4.74 Å².